The lowest BCUT2D eigenvalue weighted by Crippen LogP contribution is -2.64. The van der Waals surface area contributed by atoms with Crippen molar-refractivity contribution in [2.24, 2.45) is 0 Å². The van der Waals surface area contributed by atoms with E-state index < -0.39 is 0 Å². The van der Waals surface area contributed by atoms with Crippen LogP contribution in [0.1, 0.15) is 25.2 Å². The fraction of sp³-hybridized carbons (Fsp3) is 0.800. The molecule has 6 heteroatoms. The molecule has 0 saturated carbocycles. The molecule has 3 aliphatic heterocycles. The average Bonchev–Trinajstić information content (AvgIpc) is 2.84. The Morgan fingerprint density at radius 3 is 2.52 bits per heavy atom. The second-order valence-corrected chi connectivity index (χ2v) is 6.43. The number of halogens is 1. The van der Waals surface area contributed by atoms with Gasteiger partial charge in [-0.05, 0) is 13.3 Å². The number of aliphatic hydroxyl groups excluding tert-OH is 1. The molecule has 1 aromatic rings. The maximum absolute atomic E-state index is 10.7. The quantitative estimate of drug-likeness (QED) is 0.882. The van der Waals surface area contributed by atoms with Gasteiger partial charge in [-0.2, -0.15) is 5.10 Å². The van der Waals surface area contributed by atoms with Gasteiger partial charge in [0.05, 0.1) is 22.5 Å². The van der Waals surface area contributed by atoms with Crippen LogP contribution in [-0.4, -0.2) is 69.6 Å². The van der Waals surface area contributed by atoms with Crippen LogP contribution in [0.5, 0.6) is 0 Å². The Labute approximate surface area is 131 Å². The van der Waals surface area contributed by atoms with Crippen LogP contribution in [0, 0.1) is 0 Å². The van der Waals surface area contributed by atoms with Gasteiger partial charge in [-0.3, -0.25) is 14.5 Å². The summed E-state index contributed by atoms with van der Waals surface area (Å²) in [5.41, 5.74) is 1.93. The zero-order valence-electron chi connectivity index (χ0n) is 12.9. The van der Waals surface area contributed by atoms with Gasteiger partial charge in [0.2, 0.25) is 0 Å². The Balaban J connectivity index is 1.75. The molecule has 0 radical (unpaired) electrons. The van der Waals surface area contributed by atoms with Gasteiger partial charge < -0.3 is 5.11 Å². The van der Waals surface area contributed by atoms with Crippen molar-refractivity contribution < 1.29 is 5.11 Å². The third-order valence-corrected chi connectivity index (χ3v) is 5.30. The molecule has 3 aliphatic rings. The molecule has 21 heavy (non-hydrogen) atoms. The normalized spacial score (nSPS) is 29.8. The highest BCUT2D eigenvalue weighted by atomic mass is 35.5. The molecule has 1 aromatic heterocycles. The Kier molecular flexibility index (Phi) is 4.54. The average molecular weight is 313 g/mol. The van der Waals surface area contributed by atoms with Crippen LogP contribution < -0.4 is 0 Å². The number of piperazine rings is 3. The van der Waals surface area contributed by atoms with Crippen LogP contribution in [0.3, 0.4) is 0 Å². The van der Waals surface area contributed by atoms with Crippen molar-refractivity contribution in [3.63, 3.8) is 0 Å². The molecule has 2 unspecified atom stereocenters. The second kappa shape index (κ2) is 6.24. The molecule has 1 N–H and O–H groups in total. The zero-order valence-corrected chi connectivity index (χ0v) is 13.7. The maximum Gasteiger partial charge on any atom is 0.0850 e. The summed E-state index contributed by atoms with van der Waals surface area (Å²) in [6, 6.07) is 0.230. The van der Waals surface area contributed by atoms with Crippen LogP contribution in [0.2, 0.25) is 5.02 Å². The number of aliphatic hydroxyl groups is 1. The van der Waals surface area contributed by atoms with E-state index in [9.17, 15) is 5.11 Å². The van der Waals surface area contributed by atoms with Gasteiger partial charge in [0.1, 0.15) is 0 Å². The summed E-state index contributed by atoms with van der Waals surface area (Å²) in [6.07, 6.45) is 1.05. The molecule has 5 nitrogen and oxygen atoms in total. The molecule has 4 heterocycles. The standard InChI is InChI=1S/C15H25ClN4O/c1-3-11-15(16)12(20(4-2)17-11)9-14(21)13-10-18-5-7-19(13)8-6-18/h13-14,21H,3-10H2,1-2H3. The summed E-state index contributed by atoms with van der Waals surface area (Å²) >= 11 is 6.45. The van der Waals surface area contributed by atoms with Crippen LogP contribution in [0.4, 0.5) is 0 Å². The lowest BCUT2D eigenvalue weighted by atomic mass is 9.98. The van der Waals surface area contributed by atoms with E-state index in [1.54, 1.807) is 0 Å². The predicted molar refractivity (Wildman–Crippen MR) is 83.8 cm³/mol. The fourth-order valence-corrected chi connectivity index (χ4v) is 3.92. The largest absolute Gasteiger partial charge is 0.391 e. The number of aryl methyl sites for hydroxylation is 2. The Morgan fingerprint density at radius 2 is 2.00 bits per heavy atom. The Morgan fingerprint density at radius 1 is 1.29 bits per heavy atom. The molecular weight excluding hydrogens is 288 g/mol. The van der Waals surface area contributed by atoms with E-state index in [4.69, 9.17) is 11.6 Å². The zero-order chi connectivity index (χ0) is 15.0. The van der Waals surface area contributed by atoms with Gasteiger partial charge in [-0.15, -0.1) is 0 Å². The van der Waals surface area contributed by atoms with Crippen LogP contribution in [0.15, 0.2) is 0 Å². The number of hydrogen-bond donors (Lipinski definition) is 1. The second-order valence-electron chi connectivity index (χ2n) is 6.05. The van der Waals surface area contributed by atoms with Crippen molar-refractivity contribution in [2.75, 3.05) is 32.7 Å². The Hall–Kier alpha value is -0.620. The number of fused-ring (bicyclic) bond motifs is 3. The summed E-state index contributed by atoms with van der Waals surface area (Å²) in [4.78, 5) is 4.87. The third kappa shape index (κ3) is 2.84. The van der Waals surface area contributed by atoms with E-state index >= 15 is 0 Å². The van der Waals surface area contributed by atoms with Gasteiger partial charge in [0.25, 0.3) is 0 Å². The molecule has 0 spiro atoms. The lowest BCUT2D eigenvalue weighted by molar-refractivity contribution is -0.0458. The van der Waals surface area contributed by atoms with Crippen molar-refractivity contribution >= 4 is 11.6 Å². The van der Waals surface area contributed by atoms with Gasteiger partial charge in [0, 0.05) is 51.7 Å². The van der Waals surface area contributed by atoms with Crippen LogP contribution in [-0.2, 0) is 19.4 Å². The first-order valence-electron chi connectivity index (χ1n) is 8.02. The molecule has 0 aromatic carbocycles. The number of aromatic nitrogens is 2. The van der Waals surface area contributed by atoms with Crippen LogP contribution >= 0.6 is 11.6 Å². The maximum atomic E-state index is 10.7. The van der Waals surface area contributed by atoms with Crippen molar-refractivity contribution in [1.82, 2.24) is 19.6 Å². The topological polar surface area (TPSA) is 44.5 Å². The molecular formula is C15H25ClN4O. The molecule has 4 rings (SSSR count). The minimum absolute atomic E-state index is 0.230. The SMILES string of the molecule is CCc1nn(CC)c(CC(O)C2CN3CCN2CC3)c1Cl. The van der Waals surface area contributed by atoms with Gasteiger partial charge in [0.15, 0.2) is 0 Å². The van der Waals surface area contributed by atoms with Crippen molar-refractivity contribution in [1.29, 1.82) is 0 Å². The highest BCUT2D eigenvalue weighted by molar-refractivity contribution is 6.31. The van der Waals surface area contributed by atoms with Crippen molar-refractivity contribution in [3.05, 3.63) is 16.4 Å². The minimum Gasteiger partial charge on any atom is -0.391 e. The highest BCUT2D eigenvalue weighted by Crippen LogP contribution is 2.26. The van der Waals surface area contributed by atoms with Crippen molar-refractivity contribution in [3.8, 4) is 0 Å². The smallest absolute Gasteiger partial charge is 0.0850 e. The monoisotopic (exact) mass is 312 g/mol. The third-order valence-electron chi connectivity index (χ3n) is 4.86. The van der Waals surface area contributed by atoms with Crippen LogP contribution in [0.25, 0.3) is 0 Å². The minimum atomic E-state index is -0.377. The number of rotatable bonds is 5. The number of nitrogens with zero attached hydrogens (tertiary/aromatic N) is 4. The van der Waals surface area contributed by atoms with Crippen molar-refractivity contribution in [2.45, 2.75) is 45.4 Å². The van der Waals surface area contributed by atoms with E-state index in [2.05, 4.69) is 28.7 Å². The molecule has 0 aliphatic carbocycles. The fourth-order valence-electron chi connectivity index (χ4n) is 3.57. The Bertz CT molecular complexity index is 496. The first-order chi connectivity index (χ1) is 10.1. The van der Waals surface area contributed by atoms with Gasteiger partial charge in [-0.1, -0.05) is 18.5 Å². The van der Waals surface area contributed by atoms with E-state index in [-0.39, 0.29) is 12.1 Å². The summed E-state index contributed by atoms with van der Waals surface area (Å²) in [7, 11) is 0. The summed E-state index contributed by atoms with van der Waals surface area (Å²) in [5.74, 6) is 0. The number of hydrogen-bond acceptors (Lipinski definition) is 4. The van der Waals surface area contributed by atoms with E-state index in [1.165, 1.54) is 0 Å². The summed E-state index contributed by atoms with van der Waals surface area (Å²) < 4.78 is 1.95. The van der Waals surface area contributed by atoms with Gasteiger partial charge >= 0.3 is 0 Å². The van der Waals surface area contributed by atoms with E-state index in [1.807, 2.05) is 4.68 Å². The lowest BCUT2D eigenvalue weighted by Gasteiger charge is -2.49. The molecule has 3 fully saturated rings. The van der Waals surface area contributed by atoms with Gasteiger partial charge in [-0.25, -0.2) is 0 Å². The first kappa shape index (κ1) is 15.3. The van der Waals surface area contributed by atoms with E-state index in [0.29, 0.717) is 6.42 Å². The summed E-state index contributed by atoms with van der Waals surface area (Å²) in [5, 5.41) is 16.0. The molecule has 2 bridgehead atoms. The molecule has 2 atom stereocenters. The molecule has 3 saturated heterocycles. The highest BCUT2D eigenvalue weighted by Gasteiger charge is 2.36. The van der Waals surface area contributed by atoms with E-state index in [0.717, 1.165) is 62.1 Å². The molecule has 0 amide bonds. The summed E-state index contributed by atoms with van der Waals surface area (Å²) in [6.45, 7) is 10.3. The predicted octanol–water partition coefficient (Wildman–Crippen LogP) is 1.02. The first-order valence-corrected chi connectivity index (χ1v) is 8.40. The molecule has 118 valence electrons.